The highest BCUT2D eigenvalue weighted by Crippen LogP contribution is 2.10. The number of nitriles is 1. The molecule has 1 aromatic rings. The molecule has 0 aliphatic heterocycles. The summed E-state index contributed by atoms with van der Waals surface area (Å²) in [6, 6.07) is 5.87. The molecule has 0 spiro atoms. The monoisotopic (exact) mass is 319 g/mol. The first-order valence-electron chi connectivity index (χ1n) is 6.99. The fourth-order valence-corrected chi connectivity index (χ4v) is 1.78. The van der Waals surface area contributed by atoms with Gasteiger partial charge in [-0.3, -0.25) is 4.79 Å². The predicted molar refractivity (Wildman–Crippen MR) is 82.7 cm³/mol. The van der Waals surface area contributed by atoms with Crippen molar-refractivity contribution in [1.29, 1.82) is 5.26 Å². The summed E-state index contributed by atoms with van der Waals surface area (Å²) < 4.78 is 12.8. The first-order valence-corrected chi connectivity index (χ1v) is 6.99. The largest absolute Gasteiger partial charge is 0.480 e. The van der Waals surface area contributed by atoms with Crippen LogP contribution >= 0.6 is 0 Å². The van der Waals surface area contributed by atoms with Crippen molar-refractivity contribution in [3.05, 3.63) is 41.9 Å². The summed E-state index contributed by atoms with van der Waals surface area (Å²) in [6.07, 6.45) is 1.43. The van der Waals surface area contributed by atoms with E-state index in [1.54, 1.807) is 6.07 Å². The molecule has 1 atom stereocenters. The minimum Gasteiger partial charge on any atom is -0.480 e. The normalized spacial score (nSPS) is 12.4. The lowest BCUT2D eigenvalue weighted by molar-refractivity contribution is -0.139. The van der Waals surface area contributed by atoms with Gasteiger partial charge in [-0.1, -0.05) is 13.8 Å². The van der Waals surface area contributed by atoms with Crippen LogP contribution in [0.15, 0.2) is 36.0 Å². The lowest BCUT2D eigenvalue weighted by Crippen LogP contribution is -2.35. The Hall–Kier alpha value is -2.88. The molecule has 1 unspecified atom stereocenters. The molecule has 0 radical (unpaired) electrons. The molecule has 7 heteroatoms. The molecule has 1 amide bonds. The van der Waals surface area contributed by atoms with Gasteiger partial charge >= 0.3 is 5.97 Å². The number of benzene rings is 1. The van der Waals surface area contributed by atoms with Gasteiger partial charge in [0.1, 0.15) is 23.5 Å². The van der Waals surface area contributed by atoms with Crippen molar-refractivity contribution in [3.63, 3.8) is 0 Å². The Morgan fingerprint density at radius 1 is 1.35 bits per heavy atom. The van der Waals surface area contributed by atoms with Crippen LogP contribution in [-0.4, -0.2) is 23.0 Å². The van der Waals surface area contributed by atoms with E-state index in [-0.39, 0.29) is 11.5 Å². The molecular formula is C16H18FN3O3. The smallest absolute Gasteiger partial charge is 0.326 e. The number of anilines is 1. The highest BCUT2D eigenvalue weighted by molar-refractivity contribution is 6.06. The van der Waals surface area contributed by atoms with Gasteiger partial charge in [0.2, 0.25) is 0 Å². The van der Waals surface area contributed by atoms with Gasteiger partial charge in [0.25, 0.3) is 5.91 Å². The second-order valence-electron chi connectivity index (χ2n) is 5.32. The van der Waals surface area contributed by atoms with Crippen LogP contribution < -0.4 is 10.6 Å². The van der Waals surface area contributed by atoms with Crippen molar-refractivity contribution < 1.29 is 19.1 Å². The number of amides is 1. The number of rotatable bonds is 7. The first kappa shape index (κ1) is 18.2. The Labute approximate surface area is 133 Å². The van der Waals surface area contributed by atoms with E-state index in [4.69, 9.17) is 10.4 Å². The van der Waals surface area contributed by atoms with Crippen molar-refractivity contribution >= 4 is 17.6 Å². The number of hydrogen-bond acceptors (Lipinski definition) is 4. The van der Waals surface area contributed by atoms with Crippen molar-refractivity contribution in [2.24, 2.45) is 5.92 Å². The number of carbonyl (C=O) groups excluding carboxylic acids is 1. The zero-order valence-electron chi connectivity index (χ0n) is 12.8. The molecule has 122 valence electrons. The Balaban J connectivity index is 2.77. The van der Waals surface area contributed by atoms with Crippen LogP contribution in [0.2, 0.25) is 0 Å². The zero-order chi connectivity index (χ0) is 17.4. The number of halogens is 1. The van der Waals surface area contributed by atoms with E-state index in [0.717, 1.165) is 6.20 Å². The van der Waals surface area contributed by atoms with E-state index >= 15 is 0 Å². The number of aliphatic carboxylic acids is 1. The van der Waals surface area contributed by atoms with Crippen LogP contribution in [0.5, 0.6) is 0 Å². The first-order chi connectivity index (χ1) is 10.8. The van der Waals surface area contributed by atoms with Crippen LogP contribution in [0.3, 0.4) is 0 Å². The Bertz CT molecular complexity index is 633. The van der Waals surface area contributed by atoms with Crippen LogP contribution in [0, 0.1) is 23.1 Å². The lowest BCUT2D eigenvalue weighted by atomic mass is 10.0. The van der Waals surface area contributed by atoms with Gasteiger partial charge in [-0.2, -0.15) is 5.26 Å². The SMILES string of the molecule is CC(C)CC(N/C=C(/C#N)C(=O)Nc1ccc(F)cc1)C(=O)O. The molecule has 0 aliphatic carbocycles. The summed E-state index contributed by atoms with van der Waals surface area (Å²) in [4.78, 5) is 23.1. The fourth-order valence-electron chi connectivity index (χ4n) is 1.78. The number of nitrogens with one attached hydrogen (secondary N) is 2. The molecule has 0 fully saturated rings. The third kappa shape index (κ3) is 6.18. The minimum atomic E-state index is -1.06. The quantitative estimate of drug-likeness (QED) is 0.528. The van der Waals surface area contributed by atoms with Gasteiger partial charge in [0, 0.05) is 11.9 Å². The summed E-state index contributed by atoms with van der Waals surface area (Å²) in [5, 5.41) is 23.1. The number of carboxylic acids is 1. The van der Waals surface area contributed by atoms with E-state index in [2.05, 4.69) is 10.6 Å². The number of carboxylic acid groups (broad SMARTS) is 1. The number of carbonyl (C=O) groups is 2. The lowest BCUT2D eigenvalue weighted by Gasteiger charge is -2.15. The second kappa shape index (κ2) is 8.54. The molecule has 1 rings (SSSR count). The van der Waals surface area contributed by atoms with Gasteiger partial charge < -0.3 is 15.7 Å². The van der Waals surface area contributed by atoms with E-state index in [1.807, 2.05) is 13.8 Å². The Kier molecular flexibility index (Phi) is 6.74. The van der Waals surface area contributed by atoms with Gasteiger partial charge in [0.15, 0.2) is 0 Å². The molecule has 0 heterocycles. The summed E-state index contributed by atoms with van der Waals surface area (Å²) in [7, 11) is 0. The topological polar surface area (TPSA) is 102 Å². The summed E-state index contributed by atoms with van der Waals surface area (Å²) in [5.41, 5.74) is 0.0545. The molecular weight excluding hydrogens is 301 g/mol. The van der Waals surface area contributed by atoms with Crippen molar-refractivity contribution in [2.45, 2.75) is 26.3 Å². The summed E-state index contributed by atoms with van der Waals surface area (Å²) in [6.45, 7) is 3.74. The maximum Gasteiger partial charge on any atom is 0.326 e. The van der Waals surface area contributed by atoms with Crippen LogP contribution in [0.1, 0.15) is 20.3 Å². The fraction of sp³-hybridized carbons (Fsp3) is 0.312. The van der Waals surface area contributed by atoms with Gasteiger partial charge in [-0.05, 0) is 36.6 Å². The highest BCUT2D eigenvalue weighted by Gasteiger charge is 2.18. The standard InChI is InChI=1S/C16H18FN3O3/c1-10(2)7-14(16(22)23)19-9-11(8-18)15(21)20-13-5-3-12(17)4-6-13/h3-6,9-10,14,19H,7H2,1-2H3,(H,20,21)(H,22,23)/b11-9-. The summed E-state index contributed by atoms with van der Waals surface area (Å²) >= 11 is 0. The molecule has 1 aromatic carbocycles. The van der Waals surface area contributed by atoms with E-state index in [9.17, 15) is 14.0 Å². The average Bonchev–Trinajstić information content (AvgIpc) is 2.48. The van der Waals surface area contributed by atoms with E-state index in [0.29, 0.717) is 12.1 Å². The molecule has 23 heavy (non-hydrogen) atoms. The molecule has 0 saturated carbocycles. The van der Waals surface area contributed by atoms with Crippen LogP contribution in [-0.2, 0) is 9.59 Å². The van der Waals surface area contributed by atoms with Crippen molar-refractivity contribution in [3.8, 4) is 6.07 Å². The maximum absolute atomic E-state index is 12.8. The zero-order valence-corrected chi connectivity index (χ0v) is 12.8. The predicted octanol–water partition coefficient (Wildman–Crippen LogP) is 2.26. The third-order valence-electron chi connectivity index (χ3n) is 2.90. The number of nitrogens with zero attached hydrogens (tertiary/aromatic N) is 1. The van der Waals surface area contributed by atoms with Gasteiger partial charge in [-0.15, -0.1) is 0 Å². The minimum absolute atomic E-state index is 0.135. The maximum atomic E-state index is 12.8. The third-order valence-corrected chi connectivity index (χ3v) is 2.90. The Morgan fingerprint density at radius 3 is 2.43 bits per heavy atom. The van der Waals surface area contributed by atoms with Gasteiger partial charge in [-0.25, -0.2) is 9.18 Å². The average molecular weight is 319 g/mol. The molecule has 3 N–H and O–H groups in total. The molecule has 0 aromatic heterocycles. The number of hydrogen-bond donors (Lipinski definition) is 3. The van der Waals surface area contributed by atoms with Crippen molar-refractivity contribution in [2.75, 3.05) is 5.32 Å². The highest BCUT2D eigenvalue weighted by atomic mass is 19.1. The van der Waals surface area contributed by atoms with E-state index < -0.39 is 23.7 Å². The van der Waals surface area contributed by atoms with Crippen molar-refractivity contribution in [1.82, 2.24) is 5.32 Å². The van der Waals surface area contributed by atoms with E-state index in [1.165, 1.54) is 24.3 Å². The molecule has 0 saturated heterocycles. The Morgan fingerprint density at radius 2 is 1.96 bits per heavy atom. The molecule has 0 aliphatic rings. The van der Waals surface area contributed by atoms with Crippen LogP contribution in [0.4, 0.5) is 10.1 Å². The van der Waals surface area contributed by atoms with Gasteiger partial charge in [0.05, 0.1) is 0 Å². The molecule has 0 bridgehead atoms. The molecule has 6 nitrogen and oxygen atoms in total. The van der Waals surface area contributed by atoms with Crippen LogP contribution in [0.25, 0.3) is 0 Å². The second-order valence-corrected chi connectivity index (χ2v) is 5.32. The summed E-state index contributed by atoms with van der Waals surface area (Å²) in [5.74, 6) is -2.08.